The zero-order valence-electron chi connectivity index (χ0n) is 16.5. The summed E-state index contributed by atoms with van der Waals surface area (Å²) < 4.78 is 28.1. The van der Waals surface area contributed by atoms with Gasteiger partial charge in [0.1, 0.15) is 0 Å². The van der Waals surface area contributed by atoms with Crippen molar-refractivity contribution in [1.82, 2.24) is 4.31 Å². The highest BCUT2D eigenvalue weighted by Gasteiger charge is 2.28. The predicted molar refractivity (Wildman–Crippen MR) is 122 cm³/mol. The highest BCUT2D eigenvalue weighted by molar-refractivity contribution is 7.99. The Balaban J connectivity index is 1.51. The van der Waals surface area contributed by atoms with Crippen LogP contribution in [0.15, 0.2) is 83.8 Å². The molecule has 150 valence electrons. The van der Waals surface area contributed by atoms with Gasteiger partial charge in [-0.2, -0.15) is 16.1 Å². The Labute approximate surface area is 177 Å². The van der Waals surface area contributed by atoms with Gasteiger partial charge in [-0.25, -0.2) is 8.42 Å². The maximum absolute atomic E-state index is 13.2. The number of sulfonamides is 1. The van der Waals surface area contributed by atoms with E-state index in [1.54, 1.807) is 16.4 Å². The van der Waals surface area contributed by atoms with Crippen LogP contribution >= 0.6 is 11.8 Å². The van der Waals surface area contributed by atoms with Crippen LogP contribution in [0.4, 0.5) is 0 Å². The summed E-state index contributed by atoms with van der Waals surface area (Å²) in [5.74, 6) is 0.806. The lowest BCUT2D eigenvalue weighted by Gasteiger charge is -2.20. The smallest absolute Gasteiger partial charge is 0.207 e. The van der Waals surface area contributed by atoms with Crippen LogP contribution in [-0.4, -0.2) is 31.6 Å². The topological polar surface area (TPSA) is 37.4 Å². The molecule has 1 aliphatic heterocycles. The van der Waals surface area contributed by atoms with Gasteiger partial charge in [0, 0.05) is 24.1 Å². The van der Waals surface area contributed by atoms with Crippen LogP contribution in [-0.2, 0) is 10.0 Å². The van der Waals surface area contributed by atoms with Gasteiger partial charge < -0.3 is 0 Å². The van der Waals surface area contributed by atoms with Crippen LogP contribution < -0.4 is 0 Å². The number of benzene rings is 3. The Morgan fingerprint density at radius 3 is 2.21 bits per heavy atom. The van der Waals surface area contributed by atoms with E-state index in [-0.39, 0.29) is 0 Å². The monoisotopic (exact) mass is 423 g/mol. The van der Waals surface area contributed by atoms with Crippen LogP contribution in [0.3, 0.4) is 0 Å². The summed E-state index contributed by atoms with van der Waals surface area (Å²) >= 11 is 1.86. The third-order valence-corrected chi connectivity index (χ3v) is 8.66. The molecule has 0 aliphatic carbocycles. The van der Waals surface area contributed by atoms with Crippen molar-refractivity contribution in [2.75, 3.05) is 18.8 Å². The van der Waals surface area contributed by atoms with Gasteiger partial charge in [0.25, 0.3) is 0 Å². The maximum atomic E-state index is 13.2. The van der Waals surface area contributed by atoms with Gasteiger partial charge in [0.15, 0.2) is 0 Å². The molecule has 1 heterocycles. The fourth-order valence-electron chi connectivity index (χ4n) is 3.79. The van der Waals surface area contributed by atoms with Gasteiger partial charge in [-0.1, -0.05) is 66.7 Å². The zero-order valence-corrected chi connectivity index (χ0v) is 18.1. The van der Waals surface area contributed by atoms with Crippen LogP contribution in [0.1, 0.15) is 22.8 Å². The molecule has 1 atom stereocenters. The van der Waals surface area contributed by atoms with Crippen molar-refractivity contribution < 1.29 is 8.42 Å². The van der Waals surface area contributed by atoms with E-state index in [4.69, 9.17) is 0 Å². The molecule has 0 aromatic heterocycles. The van der Waals surface area contributed by atoms with Gasteiger partial charge in [0.2, 0.25) is 10.0 Å². The molecule has 3 nitrogen and oxygen atoms in total. The van der Waals surface area contributed by atoms with E-state index < -0.39 is 10.0 Å². The third-order valence-electron chi connectivity index (χ3n) is 5.43. The minimum atomic E-state index is -3.48. The summed E-state index contributed by atoms with van der Waals surface area (Å²) in [6.45, 7) is 3.23. The average Bonchev–Trinajstić information content (AvgIpc) is 3.02. The lowest BCUT2D eigenvalue weighted by Crippen LogP contribution is -2.33. The summed E-state index contributed by atoms with van der Waals surface area (Å²) in [4.78, 5) is 0.372. The zero-order chi connectivity index (χ0) is 20.3. The highest BCUT2D eigenvalue weighted by atomic mass is 32.2. The van der Waals surface area contributed by atoms with Crippen molar-refractivity contribution in [3.63, 3.8) is 0 Å². The number of thioether (sulfide) groups is 1. The van der Waals surface area contributed by atoms with Gasteiger partial charge in [-0.05, 0) is 47.7 Å². The van der Waals surface area contributed by atoms with E-state index >= 15 is 0 Å². The molecule has 1 unspecified atom stereocenters. The second-order valence-corrected chi connectivity index (χ2v) is 10.5. The molecule has 1 aliphatic rings. The Kier molecular flexibility index (Phi) is 6.09. The highest BCUT2D eigenvalue weighted by Crippen LogP contribution is 2.37. The molecule has 0 bridgehead atoms. The van der Waals surface area contributed by atoms with E-state index in [2.05, 4.69) is 31.2 Å². The maximum Gasteiger partial charge on any atom is 0.243 e. The van der Waals surface area contributed by atoms with Crippen molar-refractivity contribution in [2.45, 2.75) is 23.5 Å². The standard InChI is InChI=1S/C24H25NO2S2/c1-19-7-5-6-10-23(19)24-15-16-25(17-18-28-24)29(26,27)22-13-11-21(12-14-22)20-8-3-2-4-9-20/h2-14,24H,15-18H2,1H3. The largest absolute Gasteiger partial charge is 0.243 e. The van der Waals surface area contributed by atoms with E-state index in [0.29, 0.717) is 23.2 Å². The molecule has 4 rings (SSSR count). The minimum Gasteiger partial charge on any atom is -0.207 e. The Bertz CT molecular complexity index is 1060. The molecule has 0 radical (unpaired) electrons. The number of hydrogen-bond donors (Lipinski definition) is 0. The molecule has 0 saturated carbocycles. The fourth-order valence-corrected chi connectivity index (χ4v) is 6.68. The normalized spacial score (nSPS) is 18.3. The fraction of sp³-hybridized carbons (Fsp3) is 0.250. The molecule has 1 saturated heterocycles. The van der Waals surface area contributed by atoms with Crippen molar-refractivity contribution in [3.05, 3.63) is 90.0 Å². The van der Waals surface area contributed by atoms with E-state index in [0.717, 1.165) is 23.3 Å². The first-order chi connectivity index (χ1) is 14.1. The van der Waals surface area contributed by atoms with E-state index in [1.165, 1.54) is 11.1 Å². The molecule has 1 fully saturated rings. The van der Waals surface area contributed by atoms with Crippen LogP contribution in [0.25, 0.3) is 11.1 Å². The van der Waals surface area contributed by atoms with Crippen molar-refractivity contribution in [3.8, 4) is 11.1 Å². The third kappa shape index (κ3) is 4.42. The van der Waals surface area contributed by atoms with E-state index in [9.17, 15) is 8.42 Å². The summed E-state index contributed by atoms with van der Waals surface area (Å²) in [6.07, 6.45) is 0.830. The molecular weight excluding hydrogens is 398 g/mol. The first-order valence-electron chi connectivity index (χ1n) is 9.88. The molecule has 5 heteroatoms. The summed E-state index contributed by atoms with van der Waals surface area (Å²) in [7, 11) is -3.48. The second-order valence-electron chi connectivity index (χ2n) is 7.30. The van der Waals surface area contributed by atoms with Crippen molar-refractivity contribution in [2.24, 2.45) is 0 Å². The number of aryl methyl sites for hydroxylation is 1. The number of rotatable bonds is 4. The number of nitrogens with zero attached hydrogens (tertiary/aromatic N) is 1. The van der Waals surface area contributed by atoms with Gasteiger partial charge >= 0.3 is 0 Å². The number of hydrogen-bond acceptors (Lipinski definition) is 3. The summed E-state index contributed by atoms with van der Waals surface area (Å²) in [5.41, 5.74) is 4.71. The molecule has 29 heavy (non-hydrogen) atoms. The first-order valence-corrected chi connectivity index (χ1v) is 12.4. The van der Waals surface area contributed by atoms with Crippen LogP contribution in [0.2, 0.25) is 0 Å². The van der Waals surface area contributed by atoms with Crippen LogP contribution in [0.5, 0.6) is 0 Å². The molecule has 0 amide bonds. The summed E-state index contributed by atoms with van der Waals surface area (Å²) in [5, 5.41) is 0.344. The minimum absolute atomic E-state index is 0.344. The predicted octanol–water partition coefficient (Wildman–Crippen LogP) is 5.53. The molecular formula is C24H25NO2S2. The summed E-state index contributed by atoms with van der Waals surface area (Å²) in [6, 6.07) is 25.7. The molecule has 0 N–H and O–H groups in total. The molecule has 3 aromatic rings. The second kappa shape index (κ2) is 8.74. The van der Waals surface area contributed by atoms with Crippen molar-refractivity contribution in [1.29, 1.82) is 0 Å². The SMILES string of the molecule is Cc1ccccc1C1CCN(S(=O)(=O)c2ccc(-c3ccccc3)cc2)CCS1. The van der Waals surface area contributed by atoms with Gasteiger partial charge in [-0.15, -0.1) is 0 Å². The van der Waals surface area contributed by atoms with Crippen molar-refractivity contribution >= 4 is 21.8 Å². The van der Waals surface area contributed by atoms with Crippen LogP contribution in [0, 0.1) is 6.92 Å². The quantitative estimate of drug-likeness (QED) is 0.554. The Morgan fingerprint density at radius 1 is 0.828 bits per heavy atom. The lowest BCUT2D eigenvalue weighted by atomic mass is 10.0. The first kappa shape index (κ1) is 20.2. The Hall–Kier alpha value is -2.08. The Morgan fingerprint density at radius 2 is 1.48 bits per heavy atom. The average molecular weight is 424 g/mol. The molecule has 3 aromatic carbocycles. The lowest BCUT2D eigenvalue weighted by molar-refractivity contribution is 0.428. The van der Waals surface area contributed by atoms with E-state index in [1.807, 2.05) is 54.2 Å². The van der Waals surface area contributed by atoms with Gasteiger partial charge in [0.05, 0.1) is 4.90 Å². The van der Waals surface area contributed by atoms with Gasteiger partial charge in [-0.3, -0.25) is 0 Å². The molecule has 0 spiro atoms.